The van der Waals surface area contributed by atoms with Crippen molar-refractivity contribution in [1.29, 1.82) is 5.26 Å². The highest BCUT2D eigenvalue weighted by atomic mass is 16.5. The van der Waals surface area contributed by atoms with E-state index in [0.29, 0.717) is 24.3 Å². The van der Waals surface area contributed by atoms with Crippen LogP contribution in [-0.2, 0) is 6.42 Å². The van der Waals surface area contributed by atoms with Crippen molar-refractivity contribution < 1.29 is 9.53 Å². The van der Waals surface area contributed by atoms with Gasteiger partial charge in [0.15, 0.2) is 0 Å². The molecule has 0 radical (unpaired) electrons. The quantitative estimate of drug-likeness (QED) is 0.690. The fraction of sp³-hybridized carbons (Fsp3) is 0.333. The third-order valence-electron chi connectivity index (χ3n) is 1.88. The average Bonchev–Trinajstić information content (AvgIpc) is 2.26. The minimum absolute atomic E-state index is 0.296. The summed E-state index contributed by atoms with van der Waals surface area (Å²) in [5.41, 5.74) is 1.36. The van der Waals surface area contributed by atoms with Gasteiger partial charge in [0.05, 0.1) is 19.1 Å². The van der Waals surface area contributed by atoms with Gasteiger partial charge in [-0.05, 0) is 30.2 Å². The van der Waals surface area contributed by atoms with Gasteiger partial charge in [-0.2, -0.15) is 5.26 Å². The lowest BCUT2D eigenvalue weighted by atomic mass is 10.1. The SMILES string of the molecule is CCCOc1cc(C=O)cc(CC#N)c1. The van der Waals surface area contributed by atoms with Crippen LogP contribution in [0.5, 0.6) is 5.75 Å². The van der Waals surface area contributed by atoms with E-state index in [1.807, 2.05) is 13.0 Å². The van der Waals surface area contributed by atoms with Crippen molar-refractivity contribution >= 4 is 6.29 Å². The normalized spacial score (nSPS) is 9.33. The first-order chi connectivity index (χ1) is 7.30. The number of carbonyl (C=O) groups is 1. The lowest BCUT2D eigenvalue weighted by Gasteiger charge is -2.06. The number of benzene rings is 1. The summed E-state index contributed by atoms with van der Waals surface area (Å²) in [7, 11) is 0. The van der Waals surface area contributed by atoms with E-state index in [1.54, 1.807) is 18.2 Å². The molecule has 0 unspecified atom stereocenters. The summed E-state index contributed by atoms with van der Waals surface area (Å²) in [6.07, 6.45) is 1.97. The highest BCUT2D eigenvalue weighted by Crippen LogP contribution is 2.17. The number of hydrogen-bond acceptors (Lipinski definition) is 3. The maximum atomic E-state index is 10.7. The molecule has 0 aliphatic carbocycles. The minimum Gasteiger partial charge on any atom is -0.494 e. The van der Waals surface area contributed by atoms with E-state index in [9.17, 15) is 4.79 Å². The largest absolute Gasteiger partial charge is 0.494 e. The zero-order valence-corrected chi connectivity index (χ0v) is 8.69. The Labute approximate surface area is 89.3 Å². The predicted molar refractivity (Wildman–Crippen MR) is 56.9 cm³/mol. The second kappa shape index (κ2) is 5.82. The predicted octanol–water partition coefficient (Wildman–Crippen LogP) is 2.35. The molecule has 0 aliphatic rings. The standard InChI is InChI=1S/C12H13NO2/c1-2-5-15-12-7-10(3-4-13)6-11(8-12)9-14/h6-9H,2-3,5H2,1H3. The van der Waals surface area contributed by atoms with Crippen molar-refractivity contribution in [3.05, 3.63) is 29.3 Å². The Morgan fingerprint density at radius 1 is 1.47 bits per heavy atom. The molecule has 0 atom stereocenters. The second-order valence-electron chi connectivity index (χ2n) is 3.21. The van der Waals surface area contributed by atoms with Crippen molar-refractivity contribution in [3.63, 3.8) is 0 Å². The van der Waals surface area contributed by atoms with E-state index in [1.165, 1.54) is 0 Å². The van der Waals surface area contributed by atoms with Gasteiger partial charge in [-0.15, -0.1) is 0 Å². The highest BCUT2D eigenvalue weighted by molar-refractivity contribution is 5.76. The molecule has 0 spiro atoms. The summed E-state index contributed by atoms with van der Waals surface area (Å²) in [5.74, 6) is 0.659. The van der Waals surface area contributed by atoms with Crippen LogP contribution < -0.4 is 4.74 Å². The van der Waals surface area contributed by atoms with Crippen LogP contribution in [0.4, 0.5) is 0 Å². The number of ether oxygens (including phenoxy) is 1. The van der Waals surface area contributed by atoms with Gasteiger partial charge in [0.25, 0.3) is 0 Å². The number of hydrogen-bond donors (Lipinski definition) is 0. The molecular formula is C12H13NO2. The van der Waals surface area contributed by atoms with Gasteiger partial charge in [0.1, 0.15) is 12.0 Å². The third kappa shape index (κ3) is 3.43. The molecule has 15 heavy (non-hydrogen) atoms. The summed E-state index contributed by atoms with van der Waals surface area (Å²) >= 11 is 0. The third-order valence-corrected chi connectivity index (χ3v) is 1.88. The molecule has 3 heteroatoms. The molecule has 0 bridgehead atoms. The van der Waals surface area contributed by atoms with Crippen LogP contribution in [0.25, 0.3) is 0 Å². The topological polar surface area (TPSA) is 50.1 Å². The van der Waals surface area contributed by atoms with E-state index in [4.69, 9.17) is 10.00 Å². The molecule has 0 aliphatic heterocycles. The first kappa shape index (κ1) is 11.3. The zero-order chi connectivity index (χ0) is 11.1. The van der Waals surface area contributed by atoms with Crippen molar-refractivity contribution in [2.75, 3.05) is 6.61 Å². The van der Waals surface area contributed by atoms with Crippen LogP contribution >= 0.6 is 0 Å². The number of aldehydes is 1. The van der Waals surface area contributed by atoms with E-state index >= 15 is 0 Å². The van der Waals surface area contributed by atoms with E-state index < -0.39 is 0 Å². The zero-order valence-electron chi connectivity index (χ0n) is 8.69. The Bertz CT molecular complexity index is 380. The summed E-state index contributed by atoms with van der Waals surface area (Å²) in [6, 6.07) is 7.23. The fourth-order valence-electron chi connectivity index (χ4n) is 1.25. The molecule has 1 aromatic carbocycles. The van der Waals surface area contributed by atoms with Gasteiger partial charge in [-0.1, -0.05) is 6.92 Å². The molecule has 0 heterocycles. The maximum Gasteiger partial charge on any atom is 0.150 e. The molecule has 0 fully saturated rings. The lowest BCUT2D eigenvalue weighted by molar-refractivity contribution is 0.112. The smallest absolute Gasteiger partial charge is 0.150 e. The molecule has 1 rings (SSSR count). The van der Waals surface area contributed by atoms with Crippen LogP contribution in [0.3, 0.4) is 0 Å². The minimum atomic E-state index is 0.296. The lowest BCUT2D eigenvalue weighted by Crippen LogP contribution is -1.97. The summed E-state index contributed by atoms with van der Waals surface area (Å²) in [4.78, 5) is 10.7. The average molecular weight is 203 g/mol. The molecule has 78 valence electrons. The Morgan fingerprint density at radius 2 is 2.27 bits per heavy atom. The molecule has 0 saturated heterocycles. The van der Waals surface area contributed by atoms with Crippen molar-refractivity contribution in [2.24, 2.45) is 0 Å². The summed E-state index contributed by atoms with van der Waals surface area (Å²) < 4.78 is 5.42. The van der Waals surface area contributed by atoms with Crippen molar-refractivity contribution in [2.45, 2.75) is 19.8 Å². The van der Waals surface area contributed by atoms with Crippen molar-refractivity contribution in [3.8, 4) is 11.8 Å². The number of carbonyl (C=O) groups excluding carboxylic acids is 1. The molecule has 0 N–H and O–H groups in total. The highest BCUT2D eigenvalue weighted by Gasteiger charge is 2.01. The first-order valence-electron chi connectivity index (χ1n) is 4.89. The second-order valence-corrected chi connectivity index (χ2v) is 3.21. The van der Waals surface area contributed by atoms with Crippen LogP contribution in [-0.4, -0.2) is 12.9 Å². The van der Waals surface area contributed by atoms with E-state index in [-0.39, 0.29) is 0 Å². The monoisotopic (exact) mass is 203 g/mol. The Hall–Kier alpha value is -1.82. The van der Waals surface area contributed by atoms with Gasteiger partial charge in [0, 0.05) is 5.56 Å². The van der Waals surface area contributed by atoms with Crippen LogP contribution in [0.1, 0.15) is 29.3 Å². The molecule has 1 aromatic rings. The Kier molecular flexibility index (Phi) is 4.36. The first-order valence-corrected chi connectivity index (χ1v) is 4.89. The Balaban J connectivity index is 2.90. The number of nitrogens with zero attached hydrogens (tertiary/aromatic N) is 1. The van der Waals surface area contributed by atoms with Gasteiger partial charge >= 0.3 is 0 Å². The molecule has 3 nitrogen and oxygen atoms in total. The summed E-state index contributed by atoms with van der Waals surface area (Å²) in [5, 5.41) is 8.57. The summed E-state index contributed by atoms with van der Waals surface area (Å²) in [6.45, 7) is 2.63. The molecule has 0 saturated carbocycles. The van der Waals surface area contributed by atoms with Gasteiger partial charge in [-0.25, -0.2) is 0 Å². The number of rotatable bonds is 5. The Morgan fingerprint density at radius 3 is 2.87 bits per heavy atom. The van der Waals surface area contributed by atoms with E-state index in [0.717, 1.165) is 18.3 Å². The van der Waals surface area contributed by atoms with Gasteiger partial charge < -0.3 is 4.74 Å². The van der Waals surface area contributed by atoms with Crippen LogP contribution in [0.2, 0.25) is 0 Å². The maximum absolute atomic E-state index is 10.7. The van der Waals surface area contributed by atoms with Gasteiger partial charge in [0.2, 0.25) is 0 Å². The van der Waals surface area contributed by atoms with Crippen molar-refractivity contribution in [1.82, 2.24) is 0 Å². The molecular weight excluding hydrogens is 190 g/mol. The van der Waals surface area contributed by atoms with Crippen LogP contribution in [0, 0.1) is 11.3 Å². The number of nitriles is 1. The molecule has 0 aromatic heterocycles. The van der Waals surface area contributed by atoms with Crippen LogP contribution in [0.15, 0.2) is 18.2 Å². The fourth-order valence-corrected chi connectivity index (χ4v) is 1.25. The van der Waals surface area contributed by atoms with Gasteiger partial charge in [-0.3, -0.25) is 4.79 Å². The molecule has 0 amide bonds. The van der Waals surface area contributed by atoms with E-state index in [2.05, 4.69) is 0 Å².